The molecule has 3 amide bonds. The molecule has 2 N–H and O–H groups in total. The van der Waals surface area contributed by atoms with E-state index in [1.54, 1.807) is 0 Å². The fourth-order valence-corrected chi connectivity index (χ4v) is 3.10. The minimum Gasteiger partial charge on any atom is -0.377 e. The maximum absolute atomic E-state index is 13.0. The van der Waals surface area contributed by atoms with E-state index in [0.717, 1.165) is 29.8 Å². The quantitative estimate of drug-likeness (QED) is 0.794. The third-order valence-electron chi connectivity index (χ3n) is 4.54. The van der Waals surface area contributed by atoms with E-state index in [2.05, 4.69) is 10.6 Å². The van der Waals surface area contributed by atoms with Gasteiger partial charge in [0, 0.05) is 49.0 Å². The molecule has 0 bridgehead atoms. The van der Waals surface area contributed by atoms with Gasteiger partial charge in [-0.15, -0.1) is 0 Å². The van der Waals surface area contributed by atoms with Gasteiger partial charge in [0.25, 0.3) is 0 Å². The summed E-state index contributed by atoms with van der Waals surface area (Å²) in [6.45, 7) is 12.3. The molecule has 0 aliphatic heterocycles. The van der Waals surface area contributed by atoms with Gasteiger partial charge in [0.1, 0.15) is 0 Å². The van der Waals surface area contributed by atoms with E-state index in [-0.39, 0.29) is 17.5 Å². The van der Waals surface area contributed by atoms with Crippen LogP contribution in [0.3, 0.4) is 0 Å². The Hall–Kier alpha value is -2.24. The number of hydrogen-bond donors (Lipinski definition) is 2. The van der Waals surface area contributed by atoms with Crippen molar-refractivity contribution in [1.29, 1.82) is 0 Å². The average molecular weight is 389 g/mol. The van der Waals surface area contributed by atoms with Crippen LogP contribution in [-0.2, 0) is 11.3 Å². The molecule has 1 saturated carbocycles. The second-order valence-electron chi connectivity index (χ2n) is 9.98. The number of carbonyl (C=O) groups is 2. The lowest BCUT2D eigenvalue weighted by Gasteiger charge is -2.31. The van der Waals surface area contributed by atoms with Crippen LogP contribution >= 0.6 is 0 Å². The highest BCUT2D eigenvalue weighted by Crippen LogP contribution is 2.34. The molecule has 1 aliphatic rings. The largest absolute Gasteiger partial charge is 0.377 e. The van der Waals surface area contributed by atoms with E-state index in [0.29, 0.717) is 12.6 Å². The summed E-state index contributed by atoms with van der Waals surface area (Å²) in [5, 5.41) is 5.82. The van der Waals surface area contributed by atoms with Crippen LogP contribution in [0.4, 0.5) is 16.2 Å². The molecule has 0 radical (unpaired) electrons. The molecular formula is C22H36N4O2. The Morgan fingerprint density at radius 3 is 2.14 bits per heavy atom. The predicted octanol–water partition coefficient (Wildman–Crippen LogP) is 4.21. The highest BCUT2D eigenvalue weighted by Gasteiger charge is 2.37. The van der Waals surface area contributed by atoms with E-state index in [9.17, 15) is 9.59 Å². The smallest absolute Gasteiger partial charge is 0.319 e. The number of anilines is 2. The number of nitrogens with one attached hydrogen (secondary N) is 2. The first kappa shape index (κ1) is 22.1. The molecule has 156 valence electrons. The molecule has 1 fully saturated rings. The monoisotopic (exact) mass is 388 g/mol. The summed E-state index contributed by atoms with van der Waals surface area (Å²) >= 11 is 0. The molecule has 0 atom stereocenters. The fraction of sp³-hybridized carbons (Fsp3) is 0.636. The van der Waals surface area contributed by atoms with E-state index < -0.39 is 5.41 Å². The summed E-state index contributed by atoms with van der Waals surface area (Å²) in [6, 6.07) is 5.95. The Labute approximate surface area is 169 Å². The average Bonchev–Trinajstić information content (AvgIpc) is 3.33. The number of carbonyl (C=O) groups excluding carboxylic acids is 2. The van der Waals surface area contributed by atoms with Crippen molar-refractivity contribution in [3.63, 3.8) is 0 Å². The first-order chi connectivity index (χ1) is 12.8. The highest BCUT2D eigenvalue weighted by molar-refractivity contribution is 5.90. The lowest BCUT2D eigenvalue weighted by atomic mass is 9.94. The summed E-state index contributed by atoms with van der Waals surface area (Å²) in [4.78, 5) is 29.3. The van der Waals surface area contributed by atoms with Crippen LogP contribution in [0.15, 0.2) is 18.2 Å². The van der Waals surface area contributed by atoms with Gasteiger partial charge in [0.05, 0.1) is 0 Å². The molecule has 6 heteroatoms. The summed E-state index contributed by atoms with van der Waals surface area (Å²) in [5.74, 6) is 0.170. The first-order valence-corrected chi connectivity index (χ1v) is 9.98. The van der Waals surface area contributed by atoms with Gasteiger partial charge in [-0.1, -0.05) is 20.8 Å². The number of hydrogen-bond acceptors (Lipinski definition) is 3. The van der Waals surface area contributed by atoms with E-state index in [4.69, 9.17) is 0 Å². The second-order valence-corrected chi connectivity index (χ2v) is 9.98. The summed E-state index contributed by atoms with van der Waals surface area (Å²) in [6.07, 6.45) is 2.12. The van der Waals surface area contributed by atoms with Crippen molar-refractivity contribution < 1.29 is 9.59 Å². The fourth-order valence-electron chi connectivity index (χ4n) is 3.10. The highest BCUT2D eigenvalue weighted by atomic mass is 16.2. The van der Waals surface area contributed by atoms with Crippen molar-refractivity contribution >= 4 is 23.3 Å². The molecular weight excluding hydrogens is 352 g/mol. The Morgan fingerprint density at radius 2 is 1.68 bits per heavy atom. The zero-order valence-corrected chi connectivity index (χ0v) is 18.6. The molecule has 0 aromatic heterocycles. The van der Waals surface area contributed by atoms with E-state index >= 15 is 0 Å². The van der Waals surface area contributed by atoms with Crippen LogP contribution in [-0.4, -0.2) is 42.5 Å². The molecule has 6 nitrogen and oxygen atoms in total. The van der Waals surface area contributed by atoms with Gasteiger partial charge < -0.3 is 20.4 Å². The van der Waals surface area contributed by atoms with Crippen molar-refractivity contribution in [1.82, 2.24) is 10.2 Å². The van der Waals surface area contributed by atoms with Crippen LogP contribution in [0, 0.1) is 5.41 Å². The summed E-state index contributed by atoms with van der Waals surface area (Å²) < 4.78 is 0. The molecule has 0 unspecified atom stereocenters. The molecule has 2 rings (SSSR count). The standard InChI is InChI=1S/C22H36N4O2/c1-21(2,3)19(27)26(17-10-11-17)14-15-13-16(9-12-18(15)25(7)8)23-20(28)24-22(4,5)6/h9,12-13,17H,10-11,14H2,1-8H3,(H2,23,24,28). The van der Waals surface area contributed by atoms with E-state index in [1.807, 2.05) is 83.6 Å². The van der Waals surface area contributed by atoms with Crippen LogP contribution in [0.1, 0.15) is 59.9 Å². The van der Waals surface area contributed by atoms with Gasteiger partial charge in [0.15, 0.2) is 0 Å². The minimum absolute atomic E-state index is 0.170. The molecule has 1 aromatic carbocycles. The molecule has 0 heterocycles. The Morgan fingerprint density at radius 1 is 1.07 bits per heavy atom. The third kappa shape index (κ3) is 6.14. The van der Waals surface area contributed by atoms with Gasteiger partial charge in [-0.05, 0) is 57.4 Å². The molecule has 0 spiro atoms. The predicted molar refractivity (Wildman–Crippen MR) is 116 cm³/mol. The van der Waals surface area contributed by atoms with Gasteiger partial charge >= 0.3 is 6.03 Å². The zero-order valence-electron chi connectivity index (χ0n) is 18.6. The van der Waals surface area contributed by atoms with Crippen LogP contribution in [0.25, 0.3) is 0 Å². The molecule has 28 heavy (non-hydrogen) atoms. The number of rotatable bonds is 5. The van der Waals surface area contributed by atoms with Crippen molar-refractivity contribution in [3.8, 4) is 0 Å². The Kier molecular flexibility index (Phi) is 6.31. The van der Waals surface area contributed by atoms with Crippen LogP contribution in [0.5, 0.6) is 0 Å². The Balaban J connectivity index is 2.27. The molecule has 1 aliphatic carbocycles. The first-order valence-electron chi connectivity index (χ1n) is 9.98. The number of amides is 3. The van der Waals surface area contributed by atoms with Gasteiger partial charge in [0.2, 0.25) is 5.91 Å². The van der Waals surface area contributed by atoms with Crippen molar-refractivity contribution in [3.05, 3.63) is 23.8 Å². The number of nitrogens with zero attached hydrogens (tertiary/aromatic N) is 2. The van der Waals surface area contributed by atoms with E-state index in [1.165, 1.54) is 0 Å². The van der Waals surface area contributed by atoms with Gasteiger partial charge in [-0.25, -0.2) is 4.79 Å². The number of urea groups is 1. The maximum Gasteiger partial charge on any atom is 0.319 e. The topological polar surface area (TPSA) is 64.7 Å². The third-order valence-corrected chi connectivity index (χ3v) is 4.54. The molecule has 0 saturated heterocycles. The molecule has 1 aromatic rings. The SMILES string of the molecule is CN(C)c1ccc(NC(=O)NC(C)(C)C)cc1CN(C(=O)C(C)(C)C)C1CC1. The van der Waals surface area contributed by atoms with Gasteiger partial charge in [-0.3, -0.25) is 4.79 Å². The summed E-state index contributed by atoms with van der Waals surface area (Å²) in [7, 11) is 3.98. The minimum atomic E-state index is -0.413. The van der Waals surface area contributed by atoms with Gasteiger partial charge in [-0.2, -0.15) is 0 Å². The van der Waals surface area contributed by atoms with Crippen molar-refractivity contribution in [2.45, 2.75) is 72.5 Å². The lowest BCUT2D eigenvalue weighted by molar-refractivity contribution is -0.140. The zero-order chi connectivity index (χ0) is 21.3. The van der Waals surface area contributed by atoms with Crippen molar-refractivity contribution in [2.24, 2.45) is 5.41 Å². The normalized spacial score (nSPS) is 14.4. The van der Waals surface area contributed by atoms with Crippen LogP contribution in [0.2, 0.25) is 0 Å². The Bertz CT molecular complexity index is 725. The summed E-state index contributed by atoms with van der Waals surface area (Å²) in [5.41, 5.74) is 2.08. The van der Waals surface area contributed by atoms with Crippen LogP contribution < -0.4 is 15.5 Å². The number of benzene rings is 1. The lowest BCUT2D eigenvalue weighted by Crippen LogP contribution is -2.43. The maximum atomic E-state index is 13.0. The second kappa shape index (κ2) is 8.02. The van der Waals surface area contributed by atoms with Crippen molar-refractivity contribution in [2.75, 3.05) is 24.3 Å².